The second-order valence-corrected chi connectivity index (χ2v) is 7.57. The van der Waals surface area contributed by atoms with Gasteiger partial charge in [0, 0.05) is 35.7 Å². The van der Waals surface area contributed by atoms with Gasteiger partial charge >= 0.3 is 5.97 Å². The Balaban J connectivity index is 1.47. The van der Waals surface area contributed by atoms with Gasteiger partial charge in [0.1, 0.15) is 11.5 Å². The number of piperidine rings is 1. The van der Waals surface area contributed by atoms with Crippen molar-refractivity contribution in [3.63, 3.8) is 0 Å². The summed E-state index contributed by atoms with van der Waals surface area (Å²) in [6, 6.07) is 13.9. The molecule has 2 heterocycles. The average Bonchev–Trinajstić information content (AvgIpc) is 3.22. The van der Waals surface area contributed by atoms with Crippen molar-refractivity contribution in [1.29, 1.82) is 0 Å². The normalized spacial score (nSPS) is 17.0. The van der Waals surface area contributed by atoms with Crippen LogP contribution in [0.5, 0.6) is 0 Å². The predicted octanol–water partition coefficient (Wildman–Crippen LogP) is 4.01. The number of aromatic amines is 1. The molecular formula is C23H22FN3O3. The van der Waals surface area contributed by atoms with Crippen LogP contribution >= 0.6 is 0 Å². The van der Waals surface area contributed by atoms with Crippen molar-refractivity contribution in [3.05, 3.63) is 77.4 Å². The number of rotatable bonds is 6. The van der Waals surface area contributed by atoms with Crippen molar-refractivity contribution in [1.82, 2.24) is 15.1 Å². The van der Waals surface area contributed by atoms with Gasteiger partial charge in [-0.05, 0) is 31.0 Å². The quantitative estimate of drug-likeness (QED) is 0.603. The number of halogens is 1. The van der Waals surface area contributed by atoms with E-state index in [1.807, 2.05) is 30.3 Å². The molecule has 4 rings (SSSR count). The summed E-state index contributed by atoms with van der Waals surface area (Å²) < 4.78 is 14.7. The molecule has 0 spiro atoms. The third kappa shape index (κ3) is 4.16. The molecule has 1 fully saturated rings. The topological polar surface area (TPSA) is 86.3 Å². The number of benzene rings is 2. The third-order valence-electron chi connectivity index (χ3n) is 5.54. The number of aromatic nitrogens is 2. The first-order valence-electron chi connectivity index (χ1n) is 9.90. The van der Waals surface area contributed by atoms with Gasteiger partial charge in [0.05, 0.1) is 6.20 Å². The molecule has 1 aliphatic heterocycles. The van der Waals surface area contributed by atoms with Gasteiger partial charge in [-0.3, -0.25) is 14.8 Å². The van der Waals surface area contributed by atoms with Crippen LogP contribution in [0, 0.1) is 11.7 Å². The smallest absolute Gasteiger partial charge is 0.354 e. The summed E-state index contributed by atoms with van der Waals surface area (Å²) in [6.45, 7) is 1.68. The van der Waals surface area contributed by atoms with Crippen molar-refractivity contribution in [2.75, 3.05) is 13.1 Å². The van der Waals surface area contributed by atoms with Crippen molar-refractivity contribution in [2.24, 2.45) is 5.92 Å². The Labute approximate surface area is 173 Å². The van der Waals surface area contributed by atoms with Crippen LogP contribution in [0.15, 0.2) is 54.7 Å². The molecule has 6 nitrogen and oxygen atoms in total. The summed E-state index contributed by atoms with van der Waals surface area (Å²) >= 11 is 0. The number of nitrogens with one attached hydrogen (secondary N) is 1. The molecule has 0 aliphatic carbocycles. The molecule has 2 N–H and O–H groups in total. The molecule has 1 aliphatic rings. The van der Waals surface area contributed by atoms with Gasteiger partial charge in [0.15, 0.2) is 5.78 Å². The molecule has 3 aromatic rings. The van der Waals surface area contributed by atoms with Crippen molar-refractivity contribution in [2.45, 2.75) is 19.4 Å². The summed E-state index contributed by atoms with van der Waals surface area (Å²) in [5.74, 6) is -1.80. The van der Waals surface area contributed by atoms with E-state index >= 15 is 0 Å². The van der Waals surface area contributed by atoms with Gasteiger partial charge in [-0.2, -0.15) is 5.10 Å². The van der Waals surface area contributed by atoms with E-state index in [-0.39, 0.29) is 17.4 Å². The van der Waals surface area contributed by atoms with Gasteiger partial charge in [-0.15, -0.1) is 0 Å². The Morgan fingerprint density at radius 2 is 2.00 bits per heavy atom. The van der Waals surface area contributed by atoms with Crippen LogP contribution in [0.25, 0.3) is 11.1 Å². The first-order valence-corrected chi connectivity index (χ1v) is 9.90. The standard InChI is InChI=1S/C23H22FN3O3/c24-20-11-16(8-9-19(20)15-5-2-1-3-6-15)22(28)17-7-4-10-27(13-17)14-18-12-25-26-21(18)23(29)30/h1-3,5-6,8-9,11-12,17H,4,7,10,13-14H2,(H,25,26)(H,29,30)/t17-/m1/s1. The maximum absolute atomic E-state index is 14.7. The monoisotopic (exact) mass is 407 g/mol. The largest absolute Gasteiger partial charge is 0.477 e. The van der Waals surface area contributed by atoms with Crippen LogP contribution in [-0.4, -0.2) is 45.0 Å². The molecule has 1 saturated heterocycles. The molecule has 2 aromatic carbocycles. The number of hydrogen-bond acceptors (Lipinski definition) is 4. The minimum Gasteiger partial charge on any atom is -0.477 e. The molecule has 154 valence electrons. The van der Waals surface area contributed by atoms with Crippen LogP contribution in [0.3, 0.4) is 0 Å². The molecule has 1 aromatic heterocycles. The Bertz CT molecular complexity index is 1060. The lowest BCUT2D eigenvalue weighted by atomic mass is 9.89. The zero-order valence-corrected chi connectivity index (χ0v) is 16.3. The summed E-state index contributed by atoms with van der Waals surface area (Å²) in [5, 5.41) is 15.5. The first kappa shape index (κ1) is 20.0. The molecule has 0 saturated carbocycles. The van der Waals surface area contributed by atoms with Crippen LogP contribution in [0.2, 0.25) is 0 Å². The number of hydrogen-bond donors (Lipinski definition) is 2. The van der Waals surface area contributed by atoms with Gasteiger partial charge in [0.2, 0.25) is 0 Å². The number of Topliss-reactive ketones (excluding diaryl/α,β-unsaturated/α-hetero) is 1. The molecular weight excluding hydrogens is 385 g/mol. The first-order chi connectivity index (χ1) is 14.5. The fourth-order valence-electron chi connectivity index (χ4n) is 4.03. The lowest BCUT2D eigenvalue weighted by Gasteiger charge is -2.31. The molecule has 0 bridgehead atoms. The third-order valence-corrected chi connectivity index (χ3v) is 5.54. The highest BCUT2D eigenvalue weighted by atomic mass is 19.1. The minimum absolute atomic E-state index is 0.0713. The lowest BCUT2D eigenvalue weighted by molar-refractivity contribution is 0.0683. The van der Waals surface area contributed by atoms with Crippen LogP contribution < -0.4 is 0 Å². The van der Waals surface area contributed by atoms with E-state index in [4.69, 9.17) is 0 Å². The highest BCUT2D eigenvalue weighted by Crippen LogP contribution is 2.27. The van der Waals surface area contributed by atoms with E-state index in [9.17, 15) is 19.1 Å². The molecule has 0 unspecified atom stereocenters. The number of carboxylic acids is 1. The summed E-state index contributed by atoms with van der Waals surface area (Å²) in [7, 11) is 0. The second-order valence-electron chi connectivity index (χ2n) is 7.57. The summed E-state index contributed by atoms with van der Waals surface area (Å²) in [5.41, 5.74) is 2.27. The van der Waals surface area contributed by atoms with Crippen molar-refractivity contribution in [3.8, 4) is 11.1 Å². The van der Waals surface area contributed by atoms with Crippen molar-refractivity contribution >= 4 is 11.8 Å². The van der Waals surface area contributed by atoms with Gasteiger partial charge in [-0.25, -0.2) is 9.18 Å². The Hall–Kier alpha value is -3.32. The van der Waals surface area contributed by atoms with Crippen LogP contribution in [0.1, 0.15) is 39.3 Å². The molecule has 0 amide bonds. The molecule has 30 heavy (non-hydrogen) atoms. The van der Waals surface area contributed by atoms with E-state index in [1.165, 1.54) is 12.3 Å². The highest BCUT2D eigenvalue weighted by Gasteiger charge is 2.28. The Morgan fingerprint density at radius 3 is 2.73 bits per heavy atom. The number of aromatic carboxylic acids is 1. The van der Waals surface area contributed by atoms with Crippen LogP contribution in [-0.2, 0) is 6.54 Å². The number of ketones is 1. The summed E-state index contributed by atoms with van der Waals surface area (Å²) in [4.78, 5) is 26.3. The maximum Gasteiger partial charge on any atom is 0.354 e. The molecule has 0 radical (unpaired) electrons. The molecule has 1 atom stereocenters. The number of carbonyl (C=O) groups excluding carboxylic acids is 1. The Kier molecular flexibility index (Phi) is 5.72. The molecule has 7 heteroatoms. The predicted molar refractivity (Wildman–Crippen MR) is 110 cm³/mol. The van der Waals surface area contributed by atoms with Gasteiger partial charge in [-0.1, -0.05) is 42.5 Å². The van der Waals surface area contributed by atoms with Gasteiger partial charge in [0.25, 0.3) is 0 Å². The van der Waals surface area contributed by atoms with Crippen LogP contribution in [0.4, 0.5) is 4.39 Å². The lowest BCUT2D eigenvalue weighted by Crippen LogP contribution is -2.38. The number of carboxylic acid groups (broad SMARTS) is 1. The summed E-state index contributed by atoms with van der Waals surface area (Å²) in [6.07, 6.45) is 3.06. The van der Waals surface area contributed by atoms with Gasteiger partial charge < -0.3 is 5.11 Å². The number of H-pyrrole nitrogens is 1. The SMILES string of the molecule is O=C(O)c1[nH]ncc1CN1CCC[C@@H](C(=O)c2ccc(-c3ccccc3)c(F)c2)C1. The zero-order chi connectivity index (χ0) is 21.1. The van der Waals surface area contributed by atoms with E-state index in [0.717, 1.165) is 24.9 Å². The second kappa shape index (κ2) is 8.59. The Morgan fingerprint density at radius 1 is 1.20 bits per heavy atom. The zero-order valence-electron chi connectivity index (χ0n) is 16.3. The fourth-order valence-corrected chi connectivity index (χ4v) is 4.03. The number of carbonyl (C=O) groups is 2. The average molecular weight is 407 g/mol. The number of nitrogens with zero attached hydrogens (tertiary/aromatic N) is 2. The highest BCUT2D eigenvalue weighted by molar-refractivity contribution is 5.98. The maximum atomic E-state index is 14.7. The van der Waals surface area contributed by atoms with E-state index < -0.39 is 11.8 Å². The number of likely N-dealkylation sites (tertiary alicyclic amines) is 1. The van der Waals surface area contributed by atoms with E-state index in [0.29, 0.717) is 29.8 Å². The van der Waals surface area contributed by atoms with E-state index in [1.54, 1.807) is 12.1 Å². The fraction of sp³-hybridized carbons (Fsp3) is 0.261. The van der Waals surface area contributed by atoms with Crippen molar-refractivity contribution < 1.29 is 19.1 Å². The van der Waals surface area contributed by atoms with E-state index in [2.05, 4.69) is 15.1 Å². The minimum atomic E-state index is -1.05.